The summed E-state index contributed by atoms with van der Waals surface area (Å²) >= 11 is 0. The Morgan fingerprint density at radius 2 is 1.31 bits per heavy atom. The van der Waals surface area contributed by atoms with E-state index in [0.29, 0.717) is 37.5 Å². The van der Waals surface area contributed by atoms with Crippen LogP contribution in [0.4, 0.5) is 0 Å². The van der Waals surface area contributed by atoms with Gasteiger partial charge in [0.15, 0.2) is 6.29 Å². The zero-order chi connectivity index (χ0) is 21.1. The molecule has 2 aromatic rings. The van der Waals surface area contributed by atoms with Gasteiger partial charge in [-0.2, -0.15) is 0 Å². The zero-order valence-corrected chi connectivity index (χ0v) is 16.5. The molecular weight excluding hydrogens is 368 g/mol. The molecule has 148 valence electrons. The summed E-state index contributed by atoms with van der Waals surface area (Å²) in [6.45, 7) is 3.93. The monoisotopic (exact) mass is 390 g/mol. The van der Waals surface area contributed by atoms with E-state index in [2.05, 4.69) is 0 Å². The maximum Gasteiger partial charge on any atom is 0.225 e. The summed E-state index contributed by atoms with van der Waals surface area (Å²) in [6, 6.07) is 7.37. The second-order valence-corrected chi connectivity index (χ2v) is 7.52. The van der Waals surface area contributed by atoms with Crippen LogP contribution in [0.5, 0.6) is 0 Å². The van der Waals surface area contributed by atoms with Crippen molar-refractivity contribution in [1.82, 2.24) is 0 Å². The van der Waals surface area contributed by atoms with Crippen molar-refractivity contribution in [3.63, 3.8) is 0 Å². The molecule has 0 aromatic heterocycles. The van der Waals surface area contributed by atoms with Crippen molar-refractivity contribution in [1.29, 1.82) is 0 Å². The van der Waals surface area contributed by atoms with Gasteiger partial charge in [0.2, 0.25) is 5.78 Å². The molecule has 2 aliphatic rings. The van der Waals surface area contributed by atoms with Crippen molar-refractivity contribution in [3.05, 3.63) is 68.8 Å². The molecule has 0 spiro atoms. The largest absolute Gasteiger partial charge is 0.303 e. The first kappa shape index (κ1) is 20.5. The number of ketones is 3. The fraction of sp³-hybridized carbons (Fsp3) is 0.292. The van der Waals surface area contributed by atoms with Gasteiger partial charge in [-0.1, -0.05) is 24.3 Å². The molecule has 0 N–H and O–H groups in total. The number of Topliss-reactive ketones (excluding diaryl/α,β-unsaturated/α-hetero) is 3. The molecule has 0 saturated heterocycles. The predicted molar refractivity (Wildman–Crippen MR) is 107 cm³/mol. The molecule has 0 atom stereocenters. The van der Waals surface area contributed by atoms with Gasteiger partial charge in [0, 0.05) is 37.7 Å². The molecule has 0 heterocycles. The third kappa shape index (κ3) is 4.14. The summed E-state index contributed by atoms with van der Waals surface area (Å²) in [6.07, 6.45) is 3.36. The molecule has 5 heteroatoms. The summed E-state index contributed by atoms with van der Waals surface area (Å²) in [7, 11) is 0. The van der Waals surface area contributed by atoms with Gasteiger partial charge in [-0.15, -0.1) is 0 Å². The van der Waals surface area contributed by atoms with Gasteiger partial charge in [-0.05, 0) is 52.8 Å². The van der Waals surface area contributed by atoms with E-state index in [4.69, 9.17) is 0 Å². The number of fused-ring (bicyclic) bond motifs is 2. The van der Waals surface area contributed by atoms with Gasteiger partial charge < -0.3 is 4.79 Å². The number of carbonyl (C=O) groups excluding carboxylic acids is 5. The summed E-state index contributed by atoms with van der Waals surface area (Å²) in [5.74, 6) is -0.165. The third-order valence-electron chi connectivity index (χ3n) is 5.60. The molecule has 0 aliphatic heterocycles. The number of hydrogen-bond acceptors (Lipinski definition) is 5. The first-order valence-electron chi connectivity index (χ1n) is 9.53. The van der Waals surface area contributed by atoms with Crippen LogP contribution in [-0.2, 0) is 51.3 Å². The maximum absolute atomic E-state index is 11.3. The van der Waals surface area contributed by atoms with Gasteiger partial charge in [0.1, 0.15) is 17.9 Å². The van der Waals surface area contributed by atoms with Crippen LogP contribution < -0.4 is 0 Å². The summed E-state index contributed by atoms with van der Waals surface area (Å²) in [5.41, 5.74) is 7.50. The number of aldehydes is 2. The Morgan fingerprint density at radius 1 is 0.793 bits per heavy atom. The smallest absolute Gasteiger partial charge is 0.225 e. The molecule has 0 bridgehead atoms. The average molecular weight is 390 g/mol. The zero-order valence-electron chi connectivity index (χ0n) is 16.5. The van der Waals surface area contributed by atoms with E-state index in [1.54, 1.807) is 12.1 Å². The Morgan fingerprint density at radius 3 is 1.90 bits per heavy atom. The van der Waals surface area contributed by atoms with E-state index >= 15 is 0 Å². The maximum atomic E-state index is 11.3. The summed E-state index contributed by atoms with van der Waals surface area (Å²) in [5, 5.41) is 0. The Bertz CT molecular complexity index is 1050. The highest BCUT2D eigenvalue weighted by atomic mass is 16.2. The summed E-state index contributed by atoms with van der Waals surface area (Å²) in [4.78, 5) is 54.8. The fourth-order valence-corrected chi connectivity index (χ4v) is 4.07. The molecule has 0 saturated carbocycles. The Hall–Kier alpha value is -3.21. The molecule has 5 nitrogen and oxygen atoms in total. The van der Waals surface area contributed by atoms with Crippen LogP contribution in [0.25, 0.3) is 0 Å². The number of rotatable bonds is 4. The van der Waals surface area contributed by atoms with Crippen molar-refractivity contribution in [2.24, 2.45) is 0 Å². The van der Waals surface area contributed by atoms with Gasteiger partial charge in [-0.3, -0.25) is 19.2 Å². The molecule has 2 aliphatic carbocycles. The van der Waals surface area contributed by atoms with Gasteiger partial charge in [0.05, 0.1) is 0 Å². The minimum Gasteiger partial charge on any atom is -0.303 e. The lowest BCUT2D eigenvalue weighted by molar-refractivity contribution is -0.117. The third-order valence-corrected chi connectivity index (χ3v) is 5.60. The number of benzene rings is 2. The quantitative estimate of drug-likeness (QED) is 0.455. The van der Waals surface area contributed by atoms with E-state index < -0.39 is 5.78 Å². The van der Waals surface area contributed by atoms with Crippen LogP contribution in [0.1, 0.15) is 49.3 Å². The van der Waals surface area contributed by atoms with E-state index in [-0.39, 0.29) is 18.0 Å². The average Bonchev–Trinajstić information content (AvgIpc) is 3.28. The lowest BCUT2D eigenvalue weighted by atomic mass is 9.97. The van der Waals surface area contributed by atoms with Crippen molar-refractivity contribution in [2.75, 3.05) is 0 Å². The lowest BCUT2D eigenvalue weighted by Gasteiger charge is -2.07. The van der Waals surface area contributed by atoms with Crippen LogP contribution in [-0.4, -0.2) is 29.9 Å². The molecule has 29 heavy (non-hydrogen) atoms. The van der Waals surface area contributed by atoms with Crippen molar-refractivity contribution >= 4 is 29.9 Å². The van der Waals surface area contributed by atoms with Crippen molar-refractivity contribution < 1.29 is 24.0 Å². The second kappa shape index (κ2) is 8.43. The van der Waals surface area contributed by atoms with E-state index in [1.807, 2.05) is 26.0 Å². The van der Waals surface area contributed by atoms with Gasteiger partial charge >= 0.3 is 0 Å². The number of aryl methyl sites for hydroxylation is 2. The lowest BCUT2D eigenvalue weighted by Crippen LogP contribution is -2.05. The van der Waals surface area contributed by atoms with Crippen LogP contribution >= 0.6 is 0 Å². The van der Waals surface area contributed by atoms with Crippen LogP contribution in [0.3, 0.4) is 0 Å². The topological polar surface area (TPSA) is 85.3 Å². The highest BCUT2D eigenvalue weighted by Crippen LogP contribution is 2.27. The number of carbonyl (C=O) groups is 5. The SMILES string of the molecule is Cc1ccc(C(=O)C=O)c2c1CC(=O)C2.Cc1ccc(CC=O)c2c1CC(=O)C2. The van der Waals surface area contributed by atoms with E-state index in [0.717, 1.165) is 39.7 Å². The highest BCUT2D eigenvalue weighted by molar-refractivity contribution is 6.34. The van der Waals surface area contributed by atoms with Crippen LogP contribution in [0.2, 0.25) is 0 Å². The van der Waals surface area contributed by atoms with Gasteiger partial charge in [0.25, 0.3) is 0 Å². The molecular formula is C24H22O5. The normalized spacial score (nSPS) is 14.0. The van der Waals surface area contributed by atoms with Crippen molar-refractivity contribution in [2.45, 2.75) is 46.0 Å². The predicted octanol–water partition coefficient (Wildman–Crippen LogP) is 2.45. The first-order valence-corrected chi connectivity index (χ1v) is 9.53. The van der Waals surface area contributed by atoms with Gasteiger partial charge in [-0.25, -0.2) is 0 Å². The summed E-state index contributed by atoms with van der Waals surface area (Å²) < 4.78 is 0. The molecule has 4 rings (SSSR count). The second-order valence-electron chi connectivity index (χ2n) is 7.52. The number of hydrogen-bond donors (Lipinski definition) is 0. The Labute approximate surface area is 169 Å². The minimum absolute atomic E-state index is 0.110. The standard InChI is InChI=1S/C12H10O3.C12H12O2/c1-7-2-3-9(12(15)6-13)11-5-8(14)4-10(7)11;1-8-2-3-9(4-5-13)12-7-10(14)6-11(8)12/h2-3,6H,4-5H2,1H3;2-3,5H,4,6-7H2,1H3. The highest BCUT2D eigenvalue weighted by Gasteiger charge is 2.25. The Kier molecular flexibility index (Phi) is 5.97. The molecule has 0 unspecified atom stereocenters. The van der Waals surface area contributed by atoms with Crippen LogP contribution in [0, 0.1) is 13.8 Å². The molecule has 0 radical (unpaired) electrons. The molecule has 0 amide bonds. The van der Waals surface area contributed by atoms with Crippen molar-refractivity contribution in [3.8, 4) is 0 Å². The molecule has 0 fully saturated rings. The fourth-order valence-electron chi connectivity index (χ4n) is 4.07. The Balaban J connectivity index is 0.000000166. The first-order chi connectivity index (χ1) is 13.8. The van der Waals surface area contributed by atoms with E-state index in [1.165, 1.54) is 5.56 Å². The minimum atomic E-state index is -0.541. The van der Waals surface area contributed by atoms with Crippen LogP contribution in [0.15, 0.2) is 24.3 Å². The van der Waals surface area contributed by atoms with E-state index in [9.17, 15) is 24.0 Å². The molecule has 2 aromatic carbocycles.